The lowest BCUT2D eigenvalue weighted by molar-refractivity contribution is 0.549. The highest BCUT2D eigenvalue weighted by Gasteiger charge is 2.04. The van der Waals surface area contributed by atoms with Crippen molar-refractivity contribution in [2.45, 2.75) is 25.9 Å². The first-order valence-electron chi connectivity index (χ1n) is 5.74. The monoisotopic (exact) mass is 265 g/mol. The first-order chi connectivity index (χ1) is 8.24. The van der Waals surface area contributed by atoms with Crippen LogP contribution < -0.4 is 5.32 Å². The van der Waals surface area contributed by atoms with Crippen LogP contribution >= 0.6 is 22.9 Å². The molecule has 1 atom stereocenters. The average Bonchev–Trinajstić information content (AvgIpc) is 2.74. The third kappa shape index (κ3) is 4.15. The molecule has 0 aliphatic carbocycles. The highest BCUT2D eigenvalue weighted by atomic mass is 35.5. The second kappa shape index (κ2) is 6.20. The van der Waals surface area contributed by atoms with Gasteiger partial charge in [0.15, 0.2) is 0 Å². The number of thiophene rings is 1. The van der Waals surface area contributed by atoms with Crippen molar-refractivity contribution in [1.29, 1.82) is 0 Å². The predicted molar refractivity (Wildman–Crippen MR) is 75.8 cm³/mol. The summed E-state index contributed by atoms with van der Waals surface area (Å²) in [5.41, 5.74) is 1.37. The standard InChI is InChI=1S/C14H16ClNS/c1-11(7-12-5-3-2-4-6-12)16-9-14-8-13(15)10-17-14/h2-6,8,10-11,16H,7,9H2,1H3. The van der Waals surface area contributed by atoms with Crippen LogP contribution in [-0.2, 0) is 13.0 Å². The Morgan fingerprint density at radius 3 is 2.71 bits per heavy atom. The zero-order valence-electron chi connectivity index (χ0n) is 9.82. The molecule has 0 spiro atoms. The largest absolute Gasteiger partial charge is 0.309 e. The van der Waals surface area contributed by atoms with Crippen molar-refractivity contribution in [3.8, 4) is 0 Å². The number of nitrogens with one attached hydrogen (secondary N) is 1. The van der Waals surface area contributed by atoms with Crippen LogP contribution in [0.5, 0.6) is 0 Å². The van der Waals surface area contributed by atoms with E-state index in [1.54, 1.807) is 11.3 Å². The summed E-state index contributed by atoms with van der Waals surface area (Å²) >= 11 is 7.59. The summed E-state index contributed by atoms with van der Waals surface area (Å²) in [6.07, 6.45) is 1.06. The van der Waals surface area contributed by atoms with E-state index in [2.05, 4.69) is 42.6 Å². The van der Waals surface area contributed by atoms with E-state index in [-0.39, 0.29) is 0 Å². The number of rotatable bonds is 5. The van der Waals surface area contributed by atoms with Gasteiger partial charge in [-0.3, -0.25) is 0 Å². The molecule has 17 heavy (non-hydrogen) atoms. The fourth-order valence-corrected chi connectivity index (χ4v) is 2.78. The van der Waals surface area contributed by atoms with Crippen LogP contribution in [0.3, 0.4) is 0 Å². The third-order valence-corrected chi connectivity index (χ3v) is 3.92. The Kier molecular flexibility index (Phi) is 4.60. The van der Waals surface area contributed by atoms with Crippen LogP contribution in [0.15, 0.2) is 41.8 Å². The van der Waals surface area contributed by atoms with Crippen LogP contribution in [0, 0.1) is 0 Å². The maximum atomic E-state index is 5.89. The lowest BCUT2D eigenvalue weighted by Gasteiger charge is -2.12. The van der Waals surface area contributed by atoms with E-state index in [9.17, 15) is 0 Å². The van der Waals surface area contributed by atoms with Gasteiger partial charge in [-0.15, -0.1) is 11.3 Å². The van der Waals surface area contributed by atoms with Gasteiger partial charge < -0.3 is 5.32 Å². The van der Waals surface area contributed by atoms with Gasteiger partial charge in [-0.1, -0.05) is 41.9 Å². The van der Waals surface area contributed by atoms with E-state index in [4.69, 9.17) is 11.6 Å². The Labute approximate surface area is 111 Å². The maximum absolute atomic E-state index is 5.89. The van der Waals surface area contributed by atoms with Gasteiger partial charge >= 0.3 is 0 Å². The Morgan fingerprint density at radius 2 is 2.06 bits per heavy atom. The summed E-state index contributed by atoms with van der Waals surface area (Å²) in [6, 6.07) is 13.0. The average molecular weight is 266 g/mol. The molecular formula is C14H16ClNS. The zero-order valence-corrected chi connectivity index (χ0v) is 11.4. The van der Waals surface area contributed by atoms with Crippen LogP contribution in [0.2, 0.25) is 5.02 Å². The third-order valence-electron chi connectivity index (χ3n) is 2.63. The van der Waals surface area contributed by atoms with Gasteiger partial charge in [0.25, 0.3) is 0 Å². The molecule has 2 rings (SSSR count). The minimum absolute atomic E-state index is 0.471. The van der Waals surface area contributed by atoms with Crippen molar-refractivity contribution < 1.29 is 0 Å². The van der Waals surface area contributed by atoms with E-state index in [1.165, 1.54) is 10.4 Å². The summed E-state index contributed by atoms with van der Waals surface area (Å²) in [6.45, 7) is 3.10. The van der Waals surface area contributed by atoms with Crippen molar-refractivity contribution in [2.75, 3.05) is 0 Å². The smallest absolute Gasteiger partial charge is 0.0516 e. The molecule has 90 valence electrons. The topological polar surface area (TPSA) is 12.0 Å². The van der Waals surface area contributed by atoms with Crippen molar-refractivity contribution in [2.24, 2.45) is 0 Å². The number of hydrogen-bond acceptors (Lipinski definition) is 2. The molecule has 2 aromatic rings. The molecule has 1 aromatic heterocycles. The first-order valence-corrected chi connectivity index (χ1v) is 7.00. The molecule has 1 unspecified atom stereocenters. The molecule has 0 fully saturated rings. The van der Waals surface area contributed by atoms with E-state index >= 15 is 0 Å². The minimum atomic E-state index is 0.471. The molecule has 0 aliphatic rings. The molecule has 1 N–H and O–H groups in total. The summed E-state index contributed by atoms with van der Waals surface area (Å²) in [5, 5.41) is 6.32. The normalized spacial score (nSPS) is 12.6. The van der Waals surface area contributed by atoms with E-state index in [0.29, 0.717) is 6.04 Å². The van der Waals surface area contributed by atoms with Crippen molar-refractivity contribution >= 4 is 22.9 Å². The molecule has 0 amide bonds. The molecule has 0 saturated carbocycles. The Hall–Kier alpha value is -0.830. The van der Waals surface area contributed by atoms with Crippen LogP contribution in [-0.4, -0.2) is 6.04 Å². The SMILES string of the molecule is CC(Cc1ccccc1)NCc1cc(Cl)cs1. The summed E-state index contributed by atoms with van der Waals surface area (Å²) < 4.78 is 0. The summed E-state index contributed by atoms with van der Waals surface area (Å²) in [4.78, 5) is 1.29. The summed E-state index contributed by atoms with van der Waals surface area (Å²) in [7, 11) is 0. The molecule has 1 nitrogen and oxygen atoms in total. The van der Waals surface area contributed by atoms with Crippen molar-refractivity contribution in [1.82, 2.24) is 5.32 Å². The number of hydrogen-bond donors (Lipinski definition) is 1. The van der Waals surface area contributed by atoms with Crippen molar-refractivity contribution in [3.05, 3.63) is 57.2 Å². The molecule has 1 heterocycles. The molecule has 0 aliphatic heterocycles. The van der Waals surface area contributed by atoms with Gasteiger partial charge in [0.1, 0.15) is 0 Å². The molecule has 0 bridgehead atoms. The molecule has 1 aromatic carbocycles. The fourth-order valence-electron chi connectivity index (χ4n) is 1.76. The van der Waals surface area contributed by atoms with Crippen LogP contribution in [0.1, 0.15) is 17.4 Å². The van der Waals surface area contributed by atoms with E-state index in [0.717, 1.165) is 18.0 Å². The van der Waals surface area contributed by atoms with Crippen molar-refractivity contribution in [3.63, 3.8) is 0 Å². The van der Waals surface area contributed by atoms with Crippen LogP contribution in [0.4, 0.5) is 0 Å². The molecular weight excluding hydrogens is 250 g/mol. The predicted octanol–water partition coefficient (Wildman–Crippen LogP) is 4.12. The van der Waals surface area contributed by atoms with Gasteiger partial charge in [-0.2, -0.15) is 0 Å². The van der Waals surface area contributed by atoms with E-state index in [1.807, 2.05) is 11.4 Å². The highest BCUT2D eigenvalue weighted by Crippen LogP contribution is 2.18. The molecule has 3 heteroatoms. The number of halogens is 1. The Morgan fingerprint density at radius 1 is 1.29 bits per heavy atom. The quantitative estimate of drug-likeness (QED) is 0.857. The first kappa shape index (κ1) is 12.6. The minimum Gasteiger partial charge on any atom is -0.309 e. The second-order valence-electron chi connectivity index (χ2n) is 4.20. The van der Waals surface area contributed by atoms with Gasteiger partial charge in [-0.05, 0) is 25.0 Å². The van der Waals surface area contributed by atoms with Crippen LogP contribution in [0.25, 0.3) is 0 Å². The zero-order chi connectivity index (χ0) is 12.1. The Bertz CT molecular complexity index is 452. The molecule has 0 radical (unpaired) electrons. The number of benzene rings is 1. The lowest BCUT2D eigenvalue weighted by atomic mass is 10.1. The highest BCUT2D eigenvalue weighted by molar-refractivity contribution is 7.10. The fraction of sp³-hybridized carbons (Fsp3) is 0.286. The molecule has 0 saturated heterocycles. The van der Waals surface area contributed by atoms with Gasteiger partial charge in [0, 0.05) is 22.8 Å². The second-order valence-corrected chi connectivity index (χ2v) is 5.64. The van der Waals surface area contributed by atoms with Gasteiger partial charge in [-0.25, -0.2) is 0 Å². The maximum Gasteiger partial charge on any atom is 0.0516 e. The Balaban J connectivity index is 1.80. The summed E-state index contributed by atoms with van der Waals surface area (Å²) in [5.74, 6) is 0. The lowest BCUT2D eigenvalue weighted by Crippen LogP contribution is -2.27. The van der Waals surface area contributed by atoms with Gasteiger partial charge in [0.05, 0.1) is 5.02 Å². The van der Waals surface area contributed by atoms with E-state index < -0.39 is 0 Å². The van der Waals surface area contributed by atoms with Gasteiger partial charge in [0.2, 0.25) is 0 Å².